The van der Waals surface area contributed by atoms with Crippen LogP contribution in [-0.2, 0) is 0 Å². The minimum absolute atomic E-state index is 0.425. The number of fused-ring (bicyclic) bond motifs is 6. The molecule has 0 radical (unpaired) electrons. The number of carbonyl (C=O) groups is 1. The maximum atomic E-state index is 11.2. The Kier molecular flexibility index (Phi) is 2.62. The number of rotatable bonds is 1. The van der Waals surface area contributed by atoms with Crippen molar-refractivity contribution >= 4 is 49.5 Å². The minimum Gasteiger partial charge on any atom is -0.296 e. The van der Waals surface area contributed by atoms with Crippen LogP contribution >= 0.6 is 15.9 Å². The molecule has 0 atom stereocenters. The lowest BCUT2D eigenvalue weighted by molar-refractivity contribution is 0.111. The summed E-state index contributed by atoms with van der Waals surface area (Å²) >= 11 is 3.51. The van der Waals surface area contributed by atoms with Crippen LogP contribution in [-0.4, -0.2) is 15.7 Å². The van der Waals surface area contributed by atoms with Crippen LogP contribution in [0.25, 0.3) is 27.3 Å². The number of halogens is 1. The average Bonchev–Trinajstić information content (AvgIpc) is 2.85. The lowest BCUT2D eigenvalue weighted by Gasteiger charge is -2.10. The van der Waals surface area contributed by atoms with Crippen LogP contribution in [0, 0.1) is 6.92 Å². The van der Waals surface area contributed by atoms with Crippen molar-refractivity contribution in [2.24, 2.45) is 0 Å². The van der Waals surface area contributed by atoms with E-state index in [-0.39, 0.29) is 0 Å². The monoisotopic (exact) mass is 338 g/mol. The Balaban J connectivity index is 2.45. The van der Waals surface area contributed by atoms with Gasteiger partial charge in [0.25, 0.3) is 0 Å². The molecule has 0 aliphatic carbocycles. The van der Waals surface area contributed by atoms with Gasteiger partial charge in [0.05, 0.1) is 5.52 Å². The molecule has 2 aromatic carbocycles. The van der Waals surface area contributed by atoms with E-state index in [1.54, 1.807) is 0 Å². The van der Waals surface area contributed by atoms with E-state index < -0.39 is 0 Å². The summed E-state index contributed by atoms with van der Waals surface area (Å²) in [7, 11) is 0. The molecule has 21 heavy (non-hydrogen) atoms. The Labute approximate surface area is 129 Å². The van der Waals surface area contributed by atoms with Gasteiger partial charge in [-0.05, 0) is 39.9 Å². The van der Waals surface area contributed by atoms with Gasteiger partial charge >= 0.3 is 0 Å². The van der Waals surface area contributed by atoms with Crippen molar-refractivity contribution in [3.8, 4) is 0 Å². The highest BCUT2D eigenvalue weighted by Crippen LogP contribution is 2.34. The highest BCUT2D eigenvalue weighted by molar-refractivity contribution is 9.10. The molecule has 3 nitrogen and oxygen atoms in total. The highest BCUT2D eigenvalue weighted by atomic mass is 79.9. The van der Waals surface area contributed by atoms with E-state index in [4.69, 9.17) is 0 Å². The number of pyridine rings is 1. The van der Waals surface area contributed by atoms with Crippen LogP contribution < -0.4 is 0 Å². The van der Waals surface area contributed by atoms with Crippen LogP contribution in [0.15, 0.2) is 47.1 Å². The molecule has 0 N–H and O–H groups in total. The zero-order valence-corrected chi connectivity index (χ0v) is 12.9. The first-order valence-electron chi connectivity index (χ1n) is 6.65. The Morgan fingerprint density at radius 2 is 1.86 bits per heavy atom. The number of aldehydes is 1. The summed E-state index contributed by atoms with van der Waals surface area (Å²) in [6.45, 7) is 2.10. The summed E-state index contributed by atoms with van der Waals surface area (Å²) in [5.41, 5.74) is 3.49. The largest absolute Gasteiger partial charge is 0.296 e. The number of hydrogen-bond acceptors (Lipinski definition) is 2. The average molecular weight is 339 g/mol. The molecular weight excluding hydrogens is 328 g/mol. The number of hydrogen-bond donors (Lipinski definition) is 0. The zero-order chi connectivity index (χ0) is 14.6. The second-order valence-corrected chi connectivity index (χ2v) is 5.83. The van der Waals surface area contributed by atoms with Crippen LogP contribution in [0.4, 0.5) is 0 Å². The molecule has 0 unspecified atom stereocenters. The van der Waals surface area contributed by atoms with E-state index in [0.717, 1.165) is 28.2 Å². The fourth-order valence-electron chi connectivity index (χ4n) is 2.98. The topological polar surface area (TPSA) is 34.4 Å². The molecule has 0 saturated carbocycles. The van der Waals surface area contributed by atoms with Gasteiger partial charge in [-0.1, -0.05) is 36.4 Å². The quantitative estimate of drug-likeness (QED) is 0.377. The van der Waals surface area contributed by atoms with Gasteiger partial charge in [-0.15, -0.1) is 0 Å². The van der Waals surface area contributed by atoms with E-state index in [1.807, 2.05) is 28.7 Å². The highest BCUT2D eigenvalue weighted by Gasteiger charge is 2.16. The maximum Gasteiger partial charge on any atom is 0.171 e. The number of nitrogens with zero attached hydrogens (tertiary/aromatic N) is 2. The van der Waals surface area contributed by atoms with Gasteiger partial charge in [-0.25, -0.2) is 4.98 Å². The lowest BCUT2D eigenvalue weighted by atomic mass is 10.0. The van der Waals surface area contributed by atoms with Crippen LogP contribution in [0.5, 0.6) is 0 Å². The molecule has 102 valence electrons. The molecule has 2 heterocycles. The van der Waals surface area contributed by atoms with Crippen molar-refractivity contribution in [2.75, 3.05) is 0 Å². The number of aryl methyl sites for hydroxylation is 1. The number of benzene rings is 2. The predicted molar refractivity (Wildman–Crippen MR) is 88.0 cm³/mol. The van der Waals surface area contributed by atoms with E-state index in [1.165, 1.54) is 10.9 Å². The molecule has 0 fully saturated rings. The third-order valence-electron chi connectivity index (χ3n) is 3.89. The molecule has 0 amide bonds. The second kappa shape index (κ2) is 4.40. The maximum absolute atomic E-state index is 11.2. The molecule has 4 heteroatoms. The number of carbonyl (C=O) groups excluding carboxylic acids is 1. The van der Waals surface area contributed by atoms with Gasteiger partial charge in [-0.3, -0.25) is 9.20 Å². The van der Waals surface area contributed by atoms with Gasteiger partial charge in [0.2, 0.25) is 0 Å². The summed E-state index contributed by atoms with van der Waals surface area (Å²) in [5, 5.41) is 3.40. The Hall–Kier alpha value is -2.20. The molecule has 4 rings (SSSR count). The second-order valence-electron chi connectivity index (χ2n) is 5.08. The summed E-state index contributed by atoms with van der Waals surface area (Å²) in [6.07, 6.45) is 0.785. The third kappa shape index (κ3) is 1.59. The molecule has 0 saturated heterocycles. The molecule has 0 aliphatic heterocycles. The normalized spacial score (nSPS) is 11.5. The van der Waals surface area contributed by atoms with Crippen molar-refractivity contribution in [2.45, 2.75) is 6.92 Å². The van der Waals surface area contributed by atoms with E-state index in [9.17, 15) is 4.79 Å². The summed E-state index contributed by atoms with van der Waals surface area (Å²) < 4.78 is 2.71. The Bertz CT molecular complexity index is 1030. The SMILES string of the molecule is Cc1cccc2c1c1ccccc1c1nc(C=O)c(Br)n21. The summed E-state index contributed by atoms with van der Waals surface area (Å²) in [5.74, 6) is 0. The van der Waals surface area contributed by atoms with Crippen molar-refractivity contribution < 1.29 is 4.79 Å². The van der Waals surface area contributed by atoms with Gasteiger partial charge in [0.1, 0.15) is 15.9 Å². The van der Waals surface area contributed by atoms with Crippen molar-refractivity contribution in [1.82, 2.24) is 9.38 Å². The molecule has 2 aromatic heterocycles. The molecule has 4 aromatic rings. The lowest BCUT2D eigenvalue weighted by Crippen LogP contribution is -1.93. The molecule has 0 bridgehead atoms. The molecule has 0 aliphatic rings. The Morgan fingerprint density at radius 1 is 1.10 bits per heavy atom. The zero-order valence-electron chi connectivity index (χ0n) is 11.3. The summed E-state index contributed by atoms with van der Waals surface area (Å²) in [4.78, 5) is 15.7. The number of imidazole rings is 1. The van der Waals surface area contributed by atoms with E-state index >= 15 is 0 Å². The minimum atomic E-state index is 0.425. The third-order valence-corrected chi connectivity index (χ3v) is 4.65. The predicted octanol–water partition coefficient (Wildman–Crippen LogP) is 4.52. The van der Waals surface area contributed by atoms with Crippen LogP contribution in [0.1, 0.15) is 16.1 Å². The first-order valence-corrected chi connectivity index (χ1v) is 7.45. The molecule has 0 spiro atoms. The van der Waals surface area contributed by atoms with Gasteiger partial charge in [0, 0.05) is 10.8 Å². The smallest absolute Gasteiger partial charge is 0.171 e. The fraction of sp³-hybridized carbons (Fsp3) is 0.0588. The van der Waals surface area contributed by atoms with Crippen LogP contribution in [0.3, 0.4) is 0 Å². The van der Waals surface area contributed by atoms with Crippen molar-refractivity contribution in [3.05, 3.63) is 58.3 Å². The molecular formula is C17H11BrN2O. The van der Waals surface area contributed by atoms with E-state index in [2.05, 4.69) is 46.0 Å². The number of aromatic nitrogens is 2. The Morgan fingerprint density at radius 3 is 2.62 bits per heavy atom. The first-order chi connectivity index (χ1) is 10.2. The van der Waals surface area contributed by atoms with Gasteiger partial charge in [0.15, 0.2) is 6.29 Å². The fourth-order valence-corrected chi connectivity index (χ4v) is 3.52. The van der Waals surface area contributed by atoms with Crippen molar-refractivity contribution in [3.63, 3.8) is 0 Å². The standard InChI is InChI=1S/C17H11BrN2O/c1-10-5-4-8-14-15(10)11-6-2-3-7-12(11)17-19-13(9-21)16(18)20(14)17/h2-9H,1H3. The summed E-state index contributed by atoms with van der Waals surface area (Å²) in [6, 6.07) is 14.4. The van der Waals surface area contributed by atoms with Crippen LogP contribution in [0.2, 0.25) is 0 Å². The van der Waals surface area contributed by atoms with Gasteiger partial charge < -0.3 is 0 Å². The van der Waals surface area contributed by atoms with Crippen molar-refractivity contribution in [1.29, 1.82) is 0 Å². The van der Waals surface area contributed by atoms with Gasteiger partial charge in [-0.2, -0.15) is 0 Å². The van der Waals surface area contributed by atoms with E-state index in [0.29, 0.717) is 10.3 Å². The first kappa shape index (κ1) is 12.5.